The Labute approximate surface area is 146 Å². The molecule has 3 N–H and O–H groups in total. The van der Waals surface area contributed by atoms with Gasteiger partial charge in [-0.05, 0) is 29.7 Å². The molecule has 2 aromatic rings. The lowest BCUT2D eigenvalue weighted by Gasteiger charge is -2.20. The average molecular weight is 336 g/mol. The number of nitrogens with zero attached hydrogens (tertiary/aromatic N) is 1. The van der Waals surface area contributed by atoms with Crippen LogP contribution in [-0.4, -0.2) is 28.6 Å². The summed E-state index contributed by atoms with van der Waals surface area (Å²) < 4.78 is 0. The highest BCUT2D eigenvalue weighted by atomic mass is 16.4. The third-order valence-electron chi connectivity index (χ3n) is 4.48. The van der Waals surface area contributed by atoms with Gasteiger partial charge in [0.1, 0.15) is 11.6 Å². The molecule has 5 nitrogen and oxygen atoms in total. The number of nitrogens with one attached hydrogen (secondary N) is 1. The normalized spacial score (nSPS) is 15.6. The number of rotatable bonds is 5. The summed E-state index contributed by atoms with van der Waals surface area (Å²) in [5.41, 5.74) is 2.83. The van der Waals surface area contributed by atoms with Gasteiger partial charge in [0.2, 0.25) is 0 Å². The molecule has 1 aliphatic heterocycles. The van der Waals surface area contributed by atoms with Gasteiger partial charge in [-0.2, -0.15) is 0 Å². The number of carbonyl (C=O) groups is 1. The zero-order valence-electron chi connectivity index (χ0n) is 13.9. The van der Waals surface area contributed by atoms with Gasteiger partial charge in [-0.15, -0.1) is 0 Å². The molecule has 0 fully saturated rings. The number of aliphatic carboxylic acids is 1. The molecular formula is C20H20N2O3. The smallest absolute Gasteiger partial charge is 0.310 e. The van der Waals surface area contributed by atoms with E-state index < -0.39 is 11.9 Å². The second-order valence-electron chi connectivity index (χ2n) is 6.01. The number of amidine groups is 1. The van der Waals surface area contributed by atoms with Crippen LogP contribution in [0.4, 0.5) is 5.69 Å². The molecule has 0 aromatic heterocycles. The van der Waals surface area contributed by atoms with Gasteiger partial charge in [-0.3, -0.25) is 10.2 Å². The molecular weight excluding hydrogens is 316 g/mol. The molecule has 0 amide bonds. The summed E-state index contributed by atoms with van der Waals surface area (Å²) in [6, 6.07) is 16.5. The van der Waals surface area contributed by atoms with Gasteiger partial charge in [0.15, 0.2) is 0 Å². The molecule has 0 bridgehead atoms. The summed E-state index contributed by atoms with van der Waals surface area (Å²) in [6.45, 7) is 2.08. The Bertz CT molecular complexity index is 826. The van der Waals surface area contributed by atoms with Crippen LogP contribution in [0.5, 0.6) is 0 Å². The van der Waals surface area contributed by atoms with E-state index in [2.05, 4.69) is 0 Å². The quantitative estimate of drug-likeness (QED) is 0.769. The summed E-state index contributed by atoms with van der Waals surface area (Å²) in [5.74, 6) is -0.965. The molecule has 128 valence electrons. The van der Waals surface area contributed by atoms with E-state index in [0.29, 0.717) is 12.0 Å². The van der Waals surface area contributed by atoms with E-state index in [4.69, 9.17) is 5.41 Å². The van der Waals surface area contributed by atoms with Crippen LogP contribution in [-0.2, 0) is 4.79 Å². The highest BCUT2D eigenvalue weighted by Crippen LogP contribution is 2.32. The molecule has 1 heterocycles. The van der Waals surface area contributed by atoms with Crippen LogP contribution in [0, 0.1) is 5.41 Å². The molecule has 3 rings (SSSR count). The molecule has 0 spiro atoms. The fourth-order valence-electron chi connectivity index (χ4n) is 3.15. The fraction of sp³-hybridized carbons (Fsp3) is 0.200. The lowest BCUT2D eigenvalue weighted by molar-refractivity contribution is -0.138. The average Bonchev–Trinajstić information content (AvgIpc) is 2.91. The predicted octanol–water partition coefficient (Wildman–Crippen LogP) is 4.03. The first-order valence-corrected chi connectivity index (χ1v) is 8.19. The van der Waals surface area contributed by atoms with Crippen molar-refractivity contribution >= 4 is 23.1 Å². The van der Waals surface area contributed by atoms with Gasteiger partial charge in [0, 0.05) is 5.69 Å². The fourth-order valence-corrected chi connectivity index (χ4v) is 3.15. The van der Waals surface area contributed by atoms with Crippen LogP contribution in [0.15, 0.2) is 60.4 Å². The Kier molecular flexibility index (Phi) is 4.57. The topological polar surface area (TPSA) is 84.6 Å². The van der Waals surface area contributed by atoms with Gasteiger partial charge >= 0.3 is 5.97 Å². The Balaban J connectivity index is 1.85. The van der Waals surface area contributed by atoms with Crippen molar-refractivity contribution in [2.75, 3.05) is 11.4 Å². The molecule has 2 aromatic carbocycles. The van der Waals surface area contributed by atoms with E-state index in [1.807, 2.05) is 37.3 Å². The van der Waals surface area contributed by atoms with E-state index in [-0.39, 0.29) is 18.1 Å². The van der Waals surface area contributed by atoms with Crippen molar-refractivity contribution in [3.8, 4) is 0 Å². The highest BCUT2D eigenvalue weighted by molar-refractivity contribution is 6.30. The van der Waals surface area contributed by atoms with Crippen molar-refractivity contribution in [3.63, 3.8) is 0 Å². The minimum absolute atomic E-state index is 0.164. The first kappa shape index (κ1) is 16.8. The Morgan fingerprint density at radius 1 is 1.16 bits per heavy atom. The number of carboxylic acid groups (broad SMARTS) is 1. The van der Waals surface area contributed by atoms with Crippen LogP contribution in [0.3, 0.4) is 0 Å². The van der Waals surface area contributed by atoms with Gasteiger partial charge < -0.3 is 15.1 Å². The number of hydrogen-bond acceptors (Lipinski definition) is 3. The largest absolute Gasteiger partial charge is 0.510 e. The summed E-state index contributed by atoms with van der Waals surface area (Å²) in [6.07, 6.45) is 0.523. The maximum atomic E-state index is 11.3. The van der Waals surface area contributed by atoms with Crippen molar-refractivity contribution in [2.24, 2.45) is 0 Å². The zero-order chi connectivity index (χ0) is 18.0. The SMILES string of the molecule is CCC(C(=O)O)c1ccc(N2CC(O)=C(c3ccccc3)C2=N)cc1. The maximum Gasteiger partial charge on any atom is 0.310 e. The standard InChI is InChI=1S/C20H20N2O3/c1-2-16(20(24)25)13-8-10-15(11-9-13)22-12-17(23)18(19(22)21)14-6-4-3-5-7-14/h3-11,16,21,23H,2,12H2,1H3,(H,24,25). The first-order valence-electron chi connectivity index (χ1n) is 8.19. The minimum Gasteiger partial charge on any atom is -0.510 e. The van der Waals surface area contributed by atoms with E-state index >= 15 is 0 Å². The van der Waals surface area contributed by atoms with Crippen LogP contribution >= 0.6 is 0 Å². The second-order valence-corrected chi connectivity index (χ2v) is 6.01. The first-order chi connectivity index (χ1) is 12.0. The van der Waals surface area contributed by atoms with Crippen LogP contribution in [0.2, 0.25) is 0 Å². The van der Waals surface area contributed by atoms with E-state index in [1.54, 1.807) is 29.2 Å². The molecule has 0 radical (unpaired) electrons. The number of hydrogen-bond donors (Lipinski definition) is 3. The molecule has 0 saturated carbocycles. The number of benzene rings is 2. The molecule has 1 aliphatic rings. The van der Waals surface area contributed by atoms with Crippen molar-refractivity contribution in [2.45, 2.75) is 19.3 Å². The van der Waals surface area contributed by atoms with Gasteiger partial charge in [0.05, 0.1) is 18.0 Å². The summed E-state index contributed by atoms with van der Waals surface area (Å²) >= 11 is 0. The van der Waals surface area contributed by atoms with Gasteiger partial charge in [-0.25, -0.2) is 0 Å². The van der Waals surface area contributed by atoms with E-state index in [0.717, 1.165) is 16.8 Å². The second kappa shape index (κ2) is 6.81. The van der Waals surface area contributed by atoms with Crippen molar-refractivity contribution < 1.29 is 15.0 Å². The third-order valence-corrected chi connectivity index (χ3v) is 4.48. The van der Waals surface area contributed by atoms with Crippen LogP contribution in [0.25, 0.3) is 5.57 Å². The molecule has 0 aliphatic carbocycles. The Hall–Kier alpha value is -3.08. The molecule has 1 unspecified atom stereocenters. The minimum atomic E-state index is -0.838. The molecule has 25 heavy (non-hydrogen) atoms. The molecule has 5 heteroatoms. The lowest BCUT2D eigenvalue weighted by atomic mass is 9.96. The highest BCUT2D eigenvalue weighted by Gasteiger charge is 2.29. The third kappa shape index (κ3) is 3.13. The predicted molar refractivity (Wildman–Crippen MR) is 98.2 cm³/mol. The van der Waals surface area contributed by atoms with Crippen molar-refractivity contribution in [1.82, 2.24) is 0 Å². The summed E-state index contributed by atoms with van der Waals surface area (Å²) in [7, 11) is 0. The van der Waals surface area contributed by atoms with Crippen LogP contribution in [0.1, 0.15) is 30.4 Å². The van der Waals surface area contributed by atoms with Gasteiger partial charge in [-0.1, -0.05) is 49.4 Å². The number of aliphatic hydroxyl groups is 1. The maximum absolute atomic E-state index is 11.3. The summed E-state index contributed by atoms with van der Waals surface area (Å²) in [5, 5.41) is 28.0. The molecule has 1 atom stereocenters. The monoisotopic (exact) mass is 336 g/mol. The van der Waals surface area contributed by atoms with Crippen LogP contribution < -0.4 is 4.90 Å². The Morgan fingerprint density at radius 3 is 2.36 bits per heavy atom. The lowest BCUT2D eigenvalue weighted by Crippen LogP contribution is -2.26. The zero-order valence-corrected chi connectivity index (χ0v) is 13.9. The van der Waals surface area contributed by atoms with Gasteiger partial charge in [0.25, 0.3) is 0 Å². The summed E-state index contributed by atoms with van der Waals surface area (Å²) in [4.78, 5) is 13.0. The van der Waals surface area contributed by atoms with E-state index in [1.165, 1.54) is 0 Å². The number of carboxylic acids is 1. The van der Waals surface area contributed by atoms with Crippen molar-refractivity contribution in [3.05, 3.63) is 71.5 Å². The number of aliphatic hydroxyl groups excluding tert-OH is 1. The van der Waals surface area contributed by atoms with Crippen molar-refractivity contribution in [1.29, 1.82) is 5.41 Å². The number of anilines is 1. The van der Waals surface area contributed by atoms with E-state index in [9.17, 15) is 15.0 Å². The Morgan fingerprint density at radius 2 is 1.80 bits per heavy atom. The molecule has 0 saturated heterocycles.